The number of aryl methyl sites for hydroxylation is 1. The van der Waals surface area contributed by atoms with Gasteiger partial charge in [-0.2, -0.15) is 0 Å². The number of ether oxygens (including phenoxy) is 1. The van der Waals surface area contributed by atoms with Crippen LogP contribution in [0.4, 0.5) is 5.69 Å². The number of rotatable bonds is 7. The van der Waals surface area contributed by atoms with Crippen LogP contribution < -0.4 is 15.4 Å². The lowest BCUT2D eigenvalue weighted by Gasteiger charge is -2.12. The highest BCUT2D eigenvalue weighted by molar-refractivity contribution is 9.10. The van der Waals surface area contributed by atoms with Crippen LogP contribution in [0.1, 0.15) is 36.2 Å². The van der Waals surface area contributed by atoms with Crippen LogP contribution in [0.5, 0.6) is 5.75 Å². The molecule has 0 heterocycles. The Balaban J connectivity index is 1.99. The molecule has 0 aliphatic carbocycles. The van der Waals surface area contributed by atoms with Crippen LogP contribution in [0.15, 0.2) is 46.9 Å². The Labute approximate surface area is 162 Å². The number of nitrogens with one attached hydrogen (secondary N) is 2. The van der Waals surface area contributed by atoms with Gasteiger partial charge in [0, 0.05) is 24.7 Å². The smallest absolute Gasteiger partial charge is 0.255 e. The first-order chi connectivity index (χ1) is 12.4. The summed E-state index contributed by atoms with van der Waals surface area (Å²) in [5.41, 5.74) is 2.29. The topological polar surface area (TPSA) is 67.4 Å². The second-order valence-corrected chi connectivity index (χ2v) is 6.99. The van der Waals surface area contributed by atoms with E-state index in [4.69, 9.17) is 4.74 Å². The summed E-state index contributed by atoms with van der Waals surface area (Å²) in [4.78, 5) is 23.7. The highest BCUT2D eigenvalue weighted by atomic mass is 79.9. The summed E-state index contributed by atoms with van der Waals surface area (Å²) in [6.45, 7) is 3.90. The highest BCUT2D eigenvalue weighted by Gasteiger charge is 2.11. The first-order valence-corrected chi connectivity index (χ1v) is 9.25. The van der Waals surface area contributed by atoms with Crippen LogP contribution in [0.2, 0.25) is 0 Å². The minimum absolute atomic E-state index is 0.0119. The molecule has 0 fully saturated rings. The molecule has 5 nitrogen and oxygen atoms in total. The van der Waals surface area contributed by atoms with Gasteiger partial charge in [-0.05, 0) is 72.1 Å². The molecule has 0 aromatic heterocycles. The van der Waals surface area contributed by atoms with Crippen molar-refractivity contribution in [1.29, 1.82) is 0 Å². The van der Waals surface area contributed by atoms with E-state index in [1.165, 1.54) is 0 Å². The maximum atomic E-state index is 12.4. The van der Waals surface area contributed by atoms with Gasteiger partial charge in [0.1, 0.15) is 5.75 Å². The largest absolute Gasteiger partial charge is 0.490 e. The third-order valence-corrected chi connectivity index (χ3v) is 4.31. The van der Waals surface area contributed by atoms with Gasteiger partial charge in [-0.25, -0.2) is 0 Å². The molecule has 2 amide bonds. The van der Waals surface area contributed by atoms with Gasteiger partial charge in [0.05, 0.1) is 10.6 Å². The Morgan fingerprint density at radius 3 is 2.38 bits per heavy atom. The van der Waals surface area contributed by atoms with E-state index < -0.39 is 0 Å². The van der Waals surface area contributed by atoms with Gasteiger partial charge in [-0.1, -0.05) is 12.1 Å². The summed E-state index contributed by atoms with van der Waals surface area (Å²) >= 11 is 3.44. The third-order valence-electron chi connectivity index (χ3n) is 3.69. The molecule has 26 heavy (non-hydrogen) atoms. The van der Waals surface area contributed by atoms with Gasteiger partial charge < -0.3 is 15.4 Å². The Morgan fingerprint density at radius 1 is 1.12 bits per heavy atom. The highest BCUT2D eigenvalue weighted by Crippen LogP contribution is 2.27. The number of carbonyl (C=O) groups excluding carboxylic acids is 2. The molecular weight excluding hydrogens is 396 g/mol. The van der Waals surface area contributed by atoms with Crippen molar-refractivity contribution >= 4 is 33.4 Å². The Hall–Kier alpha value is -2.34. The summed E-state index contributed by atoms with van der Waals surface area (Å²) in [5, 5.41) is 5.47. The standard InChI is InChI=1S/C20H23BrN2O3/c1-13(2)26-18-10-7-15(12-17(18)21)20(25)23-16-8-4-14(5-9-16)6-11-19(24)22-3/h4-5,7-10,12-13H,6,11H2,1-3H3,(H,22,24)(H,23,25). The molecule has 2 aromatic carbocycles. The SMILES string of the molecule is CNC(=O)CCc1ccc(NC(=O)c2ccc(OC(C)C)c(Br)c2)cc1. The van der Waals surface area contributed by atoms with E-state index in [1.54, 1.807) is 25.2 Å². The van der Waals surface area contributed by atoms with Crippen molar-refractivity contribution in [3.63, 3.8) is 0 Å². The molecular formula is C20H23BrN2O3. The van der Waals surface area contributed by atoms with Crippen LogP contribution in [-0.4, -0.2) is 25.0 Å². The lowest BCUT2D eigenvalue weighted by atomic mass is 10.1. The molecule has 0 saturated heterocycles. The molecule has 2 N–H and O–H groups in total. The molecule has 0 aliphatic heterocycles. The number of amides is 2. The fourth-order valence-corrected chi connectivity index (χ4v) is 2.80. The first-order valence-electron chi connectivity index (χ1n) is 8.46. The number of hydrogen-bond acceptors (Lipinski definition) is 3. The van der Waals surface area contributed by atoms with Gasteiger partial charge in [-0.3, -0.25) is 9.59 Å². The monoisotopic (exact) mass is 418 g/mol. The number of carbonyl (C=O) groups is 2. The fourth-order valence-electron chi connectivity index (χ4n) is 2.33. The van der Waals surface area contributed by atoms with E-state index >= 15 is 0 Å². The molecule has 0 radical (unpaired) electrons. The van der Waals surface area contributed by atoms with Crippen LogP contribution >= 0.6 is 15.9 Å². The average Bonchev–Trinajstić information content (AvgIpc) is 2.62. The quantitative estimate of drug-likeness (QED) is 0.708. The Morgan fingerprint density at radius 2 is 1.81 bits per heavy atom. The molecule has 2 aromatic rings. The predicted octanol–water partition coefficient (Wildman–Crippen LogP) is 4.17. The number of hydrogen-bond donors (Lipinski definition) is 2. The van der Waals surface area contributed by atoms with E-state index in [0.717, 1.165) is 10.0 Å². The van der Waals surface area contributed by atoms with Crippen LogP contribution in [0.25, 0.3) is 0 Å². The average molecular weight is 419 g/mol. The lowest BCUT2D eigenvalue weighted by Crippen LogP contribution is -2.17. The van der Waals surface area contributed by atoms with E-state index in [2.05, 4.69) is 26.6 Å². The minimum Gasteiger partial charge on any atom is -0.490 e. The van der Waals surface area contributed by atoms with E-state index in [1.807, 2.05) is 38.1 Å². The van der Waals surface area contributed by atoms with Crippen molar-refractivity contribution in [2.24, 2.45) is 0 Å². The second-order valence-electron chi connectivity index (χ2n) is 6.14. The molecule has 2 rings (SSSR count). The first kappa shape index (κ1) is 20.0. The van der Waals surface area contributed by atoms with Crippen molar-refractivity contribution in [1.82, 2.24) is 5.32 Å². The molecule has 0 spiro atoms. The molecule has 6 heteroatoms. The van der Waals surface area contributed by atoms with Crippen molar-refractivity contribution in [3.8, 4) is 5.75 Å². The summed E-state index contributed by atoms with van der Waals surface area (Å²) < 4.78 is 6.39. The summed E-state index contributed by atoms with van der Waals surface area (Å²) in [5.74, 6) is 0.523. The normalized spacial score (nSPS) is 10.5. The molecule has 0 atom stereocenters. The Bertz CT molecular complexity index is 773. The molecule has 138 valence electrons. The number of anilines is 1. The summed E-state index contributed by atoms with van der Waals surface area (Å²) in [6.07, 6.45) is 1.17. The number of benzene rings is 2. The van der Waals surface area contributed by atoms with Crippen molar-refractivity contribution in [2.45, 2.75) is 32.8 Å². The lowest BCUT2D eigenvalue weighted by molar-refractivity contribution is -0.120. The van der Waals surface area contributed by atoms with E-state index in [0.29, 0.717) is 29.8 Å². The maximum Gasteiger partial charge on any atom is 0.255 e. The second kappa shape index (κ2) is 9.38. The van der Waals surface area contributed by atoms with Crippen LogP contribution in [0, 0.1) is 0 Å². The number of halogens is 1. The molecule has 0 unspecified atom stereocenters. The zero-order valence-corrected chi connectivity index (χ0v) is 16.7. The fraction of sp³-hybridized carbons (Fsp3) is 0.300. The van der Waals surface area contributed by atoms with Gasteiger partial charge in [-0.15, -0.1) is 0 Å². The van der Waals surface area contributed by atoms with Gasteiger partial charge >= 0.3 is 0 Å². The maximum absolute atomic E-state index is 12.4. The van der Waals surface area contributed by atoms with Crippen LogP contribution in [0.3, 0.4) is 0 Å². The van der Waals surface area contributed by atoms with Crippen molar-refractivity contribution in [3.05, 3.63) is 58.1 Å². The Kier molecular flexibility index (Phi) is 7.21. The molecule has 0 bridgehead atoms. The zero-order valence-electron chi connectivity index (χ0n) is 15.1. The van der Waals surface area contributed by atoms with E-state index in [-0.39, 0.29) is 17.9 Å². The van der Waals surface area contributed by atoms with Gasteiger partial charge in [0.25, 0.3) is 5.91 Å². The third kappa shape index (κ3) is 5.88. The van der Waals surface area contributed by atoms with Gasteiger partial charge in [0.2, 0.25) is 5.91 Å². The molecule has 0 saturated carbocycles. The summed E-state index contributed by atoms with van der Waals surface area (Å²) in [7, 11) is 1.63. The van der Waals surface area contributed by atoms with E-state index in [9.17, 15) is 9.59 Å². The predicted molar refractivity (Wildman–Crippen MR) is 107 cm³/mol. The molecule has 0 aliphatic rings. The summed E-state index contributed by atoms with van der Waals surface area (Å²) in [6, 6.07) is 12.7. The zero-order chi connectivity index (χ0) is 19.1. The minimum atomic E-state index is -0.195. The van der Waals surface area contributed by atoms with Crippen molar-refractivity contribution in [2.75, 3.05) is 12.4 Å². The van der Waals surface area contributed by atoms with Crippen molar-refractivity contribution < 1.29 is 14.3 Å². The van der Waals surface area contributed by atoms with Gasteiger partial charge in [0.15, 0.2) is 0 Å². The van der Waals surface area contributed by atoms with Crippen LogP contribution in [-0.2, 0) is 11.2 Å².